The Morgan fingerprint density at radius 2 is 1.80 bits per heavy atom. The van der Waals surface area contributed by atoms with Gasteiger partial charge >= 0.3 is 5.97 Å². The molecular weight excluding hydrogens is 620 g/mol. The highest BCUT2D eigenvalue weighted by molar-refractivity contribution is 7.12. The molecule has 5 atom stereocenters. The van der Waals surface area contributed by atoms with Crippen LogP contribution >= 0.6 is 22.7 Å². The summed E-state index contributed by atoms with van der Waals surface area (Å²) in [6.07, 6.45) is 8.16. The Bertz CT molecular complexity index is 1410. The van der Waals surface area contributed by atoms with Crippen molar-refractivity contribution in [2.45, 2.75) is 55.3 Å². The number of thiophene rings is 2. The molecule has 8 rings (SSSR count). The maximum Gasteiger partial charge on any atom is 0.349 e. The van der Waals surface area contributed by atoms with Crippen LogP contribution in [-0.2, 0) is 26.3 Å². The van der Waals surface area contributed by atoms with E-state index in [0.29, 0.717) is 34.0 Å². The molecule has 2 bridgehead atoms. The SMILES string of the molecule is C1=C2Cc3nncn3C=C2N=N1.C[N+]1(C)[C@@H]2CC(OC(=O)C(O)(c3cccs3)c3cccs3)C[C@H]1[C@@H]1O[C@@H]12.O.[Br-]. The van der Waals surface area contributed by atoms with Crippen LogP contribution in [0, 0.1) is 0 Å². The van der Waals surface area contributed by atoms with Gasteiger partial charge in [0.05, 0.1) is 30.0 Å². The first-order valence-corrected chi connectivity index (χ1v) is 14.3. The van der Waals surface area contributed by atoms with Crippen molar-refractivity contribution in [1.82, 2.24) is 14.8 Å². The van der Waals surface area contributed by atoms with Gasteiger partial charge in [-0.3, -0.25) is 4.57 Å². The molecule has 8 heterocycles. The van der Waals surface area contributed by atoms with E-state index in [1.54, 1.807) is 24.7 Å². The number of piperidine rings is 1. The van der Waals surface area contributed by atoms with Gasteiger partial charge in [0, 0.05) is 31.0 Å². The molecule has 0 saturated carbocycles. The first-order chi connectivity index (χ1) is 18.4. The molecule has 5 aliphatic heterocycles. The number of hydrogen-bond acceptors (Lipinski definition) is 10. The lowest BCUT2D eigenvalue weighted by atomic mass is 9.95. The molecule has 3 aromatic heterocycles. The molecule has 3 N–H and O–H groups in total. The summed E-state index contributed by atoms with van der Waals surface area (Å²) in [5, 5.41) is 30.6. The van der Waals surface area contributed by atoms with Crippen molar-refractivity contribution in [1.29, 1.82) is 0 Å². The molecule has 14 heteroatoms. The molecule has 0 aromatic carbocycles. The number of ether oxygens (including phenoxy) is 2. The summed E-state index contributed by atoms with van der Waals surface area (Å²) in [5.41, 5.74) is 0.320. The van der Waals surface area contributed by atoms with Gasteiger partial charge in [-0.25, -0.2) is 4.79 Å². The Labute approximate surface area is 249 Å². The summed E-state index contributed by atoms with van der Waals surface area (Å²) in [4.78, 5) is 14.3. The lowest BCUT2D eigenvalue weighted by Gasteiger charge is -2.45. The van der Waals surface area contributed by atoms with Gasteiger partial charge in [0.25, 0.3) is 0 Å². The number of esters is 1. The fourth-order valence-corrected chi connectivity index (χ4v) is 7.88. The van der Waals surface area contributed by atoms with E-state index in [-0.39, 0.29) is 28.6 Å². The van der Waals surface area contributed by atoms with Crippen LogP contribution < -0.4 is 17.0 Å². The third kappa shape index (κ3) is 4.61. The number of hydrogen-bond donors (Lipinski definition) is 1. The van der Waals surface area contributed by atoms with E-state index < -0.39 is 11.6 Å². The normalized spacial score (nSPS) is 27.8. The predicted octanol–water partition coefficient (Wildman–Crippen LogP) is -0.493. The monoisotopic (exact) mass is 648 g/mol. The summed E-state index contributed by atoms with van der Waals surface area (Å²) in [6, 6.07) is 8.01. The number of azo groups is 1. The molecule has 40 heavy (non-hydrogen) atoms. The maximum atomic E-state index is 13.1. The predicted molar refractivity (Wildman–Crippen MR) is 144 cm³/mol. The lowest BCUT2D eigenvalue weighted by Crippen LogP contribution is -3.00. The molecular formula is C26H29BrN6O5S2. The Balaban J connectivity index is 0.000000194. The minimum atomic E-state index is -1.72. The molecule has 0 amide bonds. The van der Waals surface area contributed by atoms with E-state index in [2.05, 4.69) is 34.5 Å². The number of fused-ring (bicyclic) bond motifs is 7. The second kappa shape index (κ2) is 10.7. The van der Waals surface area contributed by atoms with Crippen molar-refractivity contribution in [2.24, 2.45) is 10.2 Å². The molecule has 0 aliphatic carbocycles. The van der Waals surface area contributed by atoms with Crippen LogP contribution in [0.2, 0.25) is 0 Å². The molecule has 11 nitrogen and oxygen atoms in total. The number of halogens is 1. The first kappa shape index (κ1) is 28.9. The topological polar surface area (TPSA) is 146 Å². The van der Waals surface area contributed by atoms with Crippen LogP contribution in [0.15, 0.2) is 69.1 Å². The van der Waals surface area contributed by atoms with Crippen molar-refractivity contribution in [3.8, 4) is 0 Å². The van der Waals surface area contributed by atoms with E-state index >= 15 is 0 Å². The molecule has 0 spiro atoms. The molecule has 5 aliphatic rings. The van der Waals surface area contributed by atoms with Gasteiger partial charge in [0.2, 0.25) is 5.60 Å². The number of carbonyl (C=O) groups is 1. The van der Waals surface area contributed by atoms with Gasteiger partial charge in [-0.2, -0.15) is 5.11 Å². The van der Waals surface area contributed by atoms with Crippen LogP contribution in [0.1, 0.15) is 28.4 Å². The minimum Gasteiger partial charge on any atom is -1.00 e. The van der Waals surface area contributed by atoms with Crippen LogP contribution in [0.5, 0.6) is 0 Å². The molecule has 3 fully saturated rings. The minimum absolute atomic E-state index is 0. The Morgan fingerprint density at radius 3 is 2.40 bits per heavy atom. The van der Waals surface area contributed by atoms with Gasteiger partial charge in [0.15, 0.2) is 0 Å². The molecule has 1 unspecified atom stereocenters. The van der Waals surface area contributed by atoms with Gasteiger partial charge in [-0.05, 0) is 22.9 Å². The number of allylic oxidation sites excluding steroid dienone is 1. The number of aromatic nitrogens is 3. The molecule has 3 aromatic rings. The van der Waals surface area contributed by atoms with Gasteiger partial charge in [0.1, 0.15) is 48.2 Å². The zero-order valence-corrected chi connectivity index (χ0v) is 25.0. The van der Waals surface area contributed by atoms with Crippen molar-refractivity contribution in [3.63, 3.8) is 0 Å². The highest BCUT2D eigenvalue weighted by atomic mass is 79.9. The average molecular weight is 650 g/mol. The molecule has 3 saturated heterocycles. The summed E-state index contributed by atoms with van der Waals surface area (Å²) < 4.78 is 14.5. The third-order valence-electron chi connectivity index (χ3n) is 8.33. The van der Waals surface area contributed by atoms with Gasteiger partial charge in [-0.1, -0.05) is 12.1 Å². The number of nitrogens with zero attached hydrogens (tertiary/aromatic N) is 6. The zero-order valence-electron chi connectivity index (χ0n) is 21.8. The molecule has 212 valence electrons. The van der Waals surface area contributed by atoms with Crippen molar-refractivity contribution in [2.75, 3.05) is 14.1 Å². The van der Waals surface area contributed by atoms with E-state index in [4.69, 9.17) is 9.47 Å². The quantitative estimate of drug-likeness (QED) is 0.229. The standard InChI is InChI=1S/C19H22NO4S2.C7H5N5.BrH.H2O/c1-20(2)12-9-11(10-13(20)17-16(12)24-17)23-18(21)19(22,14-5-3-7-25-14)15-6-4-8-26-15;1-5-2-8-10-6(5)3-12-4-9-11-7(1)12;;/h3-8,11-13,16-17,22H,9-10H2,1-2H3;2-4H,1H2;1H;1H2/q+1;;;/p-1/t11?,12-,13+,16-,17+;;;. The summed E-state index contributed by atoms with van der Waals surface area (Å²) >= 11 is 2.74. The number of epoxide rings is 1. The van der Waals surface area contributed by atoms with Crippen molar-refractivity contribution >= 4 is 34.8 Å². The summed E-state index contributed by atoms with van der Waals surface area (Å²) in [5.74, 6) is 0.380. The average Bonchev–Trinajstić information content (AvgIpc) is 3.50. The highest BCUT2D eigenvalue weighted by Crippen LogP contribution is 2.52. The van der Waals surface area contributed by atoms with Gasteiger partial charge in [-0.15, -0.1) is 38.0 Å². The van der Waals surface area contributed by atoms with Crippen LogP contribution in [0.4, 0.5) is 0 Å². The van der Waals surface area contributed by atoms with E-state index in [0.717, 1.165) is 40.8 Å². The number of quaternary nitrogens is 1. The summed E-state index contributed by atoms with van der Waals surface area (Å²) in [7, 11) is 4.49. The Morgan fingerprint density at radius 1 is 1.15 bits per heavy atom. The third-order valence-corrected chi connectivity index (χ3v) is 10.3. The van der Waals surface area contributed by atoms with Crippen LogP contribution in [0.3, 0.4) is 0 Å². The second-order valence-corrected chi connectivity index (χ2v) is 12.6. The number of carbonyl (C=O) groups excluding carboxylic acids is 1. The zero-order chi connectivity index (χ0) is 26.1. The number of likely N-dealkylation sites (N-methyl/N-ethyl adjacent to an activating group) is 1. The number of rotatable bonds is 4. The fourth-order valence-electron chi connectivity index (χ4n) is 6.17. The molecule has 0 radical (unpaired) electrons. The van der Waals surface area contributed by atoms with Crippen LogP contribution in [0.25, 0.3) is 6.20 Å². The second-order valence-electron chi connectivity index (χ2n) is 10.7. The fraction of sp³-hybridized carbons (Fsp3) is 0.423. The van der Waals surface area contributed by atoms with Crippen LogP contribution in [-0.4, -0.2) is 80.3 Å². The van der Waals surface area contributed by atoms with E-state index in [1.165, 1.54) is 22.7 Å². The van der Waals surface area contributed by atoms with Crippen molar-refractivity contribution in [3.05, 3.63) is 74.4 Å². The Kier molecular flexibility index (Phi) is 7.72. The number of morpholine rings is 1. The van der Waals surface area contributed by atoms with E-state index in [9.17, 15) is 9.90 Å². The largest absolute Gasteiger partial charge is 1.00 e. The van der Waals surface area contributed by atoms with E-state index in [1.807, 2.05) is 33.7 Å². The maximum absolute atomic E-state index is 13.1. The highest BCUT2D eigenvalue weighted by Gasteiger charge is 2.71. The summed E-state index contributed by atoms with van der Waals surface area (Å²) in [6.45, 7) is 0. The smallest absolute Gasteiger partial charge is 0.349 e. The van der Waals surface area contributed by atoms with Crippen molar-refractivity contribution < 1.29 is 46.3 Å². The Hall–Kier alpha value is -2.59. The van der Waals surface area contributed by atoms with Gasteiger partial charge < -0.3 is 41.5 Å². The lowest BCUT2D eigenvalue weighted by molar-refractivity contribution is -0.938. The first-order valence-electron chi connectivity index (χ1n) is 12.6. The number of aliphatic hydroxyl groups is 1.